The third-order valence-electron chi connectivity index (χ3n) is 9.82. The lowest BCUT2D eigenvalue weighted by atomic mass is 9.84. The highest BCUT2D eigenvalue weighted by molar-refractivity contribution is 5.78. The van der Waals surface area contributed by atoms with Gasteiger partial charge >= 0.3 is 0 Å². The number of carbonyl (C=O) groups excluding carboxylic acids is 1. The van der Waals surface area contributed by atoms with Gasteiger partial charge < -0.3 is 115 Å². The van der Waals surface area contributed by atoms with Gasteiger partial charge in [0.25, 0.3) is 0 Å². The topological polar surface area (TPSA) is 412 Å². The molecule has 4 aliphatic rings. The zero-order chi connectivity index (χ0) is 38.3. The third-order valence-corrected chi connectivity index (χ3v) is 9.82. The van der Waals surface area contributed by atoms with Crippen LogP contribution in [0.15, 0.2) is 0 Å². The molecule has 19 atom stereocenters. The van der Waals surface area contributed by atoms with Crippen molar-refractivity contribution in [2.45, 2.75) is 123 Å². The second-order valence-electron chi connectivity index (χ2n) is 13.6. The minimum atomic E-state index is -1.63. The van der Waals surface area contributed by atoms with Crippen molar-refractivity contribution in [2.24, 2.45) is 40.1 Å². The Kier molecular flexibility index (Phi) is 16.7. The minimum absolute atomic E-state index is 0.0496. The normalized spacial score (nSPS) is 45.6. The van der Waals surface area contributed by atoms with Gasteiger partial charge in [0.2, 0.25) is 5.91 Å². The molecule has 4 rings (SSSR count). The summed E-state index contributed by atoms with van der Waals surface area (Å²) in [5, 5.41) is 73.0. The van der Waals surface area contributed by atoms with Gasteiger partial charge in [-0.25, -0.2) is 0 Å². The lowest BCUT2D eigenvalue weighted by Crippen LogP contribution is -2.70. The SMILES string of the molecule is NCCNCCNCC(=O)N[C@@H]1C(CN)O[C@H](O[C@@H]2C(N)C[C@@H](N)C(O)[C@H]2OC2O[C@H](CO)[C@H](OC3O[C@@H](CN)C(O)C(O)[C@H]3N)C2O)C(N)[C@H]1O. The number of amides is 1. The maximum Gasteiger partial charge on any atom is 0.234 e. The highest BCUT2D eigenvalue weighted by Crippen LogP contribution is 2.34. The van der Waals surface area contributed by atoms with Crippen molar-refractivity contribution in [3.8, 4) is 0 Å². The van der Waals surface area contributed by atoms with Crippen LogP contribution < -0.4 is 56.1 Å². The molecule has 3 aliphatic heterocycles. The van der Waals surface area contributed by atoms with Crippen molar-refractivity contribution >= 4 is 5.91 Å². The Morgan fingerprint density at radius 1 is 0.635 bits per heavy atom. The van der Waals surface area contributed by atoms with Crippen LogP contribution in [-0.2, 0) is 33.2 Å². The van der Waals surface area contributed by atoms with Gasteiger partial charge in [-0.15, -0.1) is 0 Å². The molecule has 52 heavy (non-hydrogen) atoms. The molecule has 0 aromatic carbocycles. The van der Waals surface area contributed by atoms with Gasteiger partial charge in [-0.3, -0.25) is 4.79 Å². The van der Waals surface area contributed by atoms with E-state index in [9.17, 15) is 35.4 Å². The lowest BCUT2D eigenvalue weighted by molar-refractivity contribution is -0.297. The lowest BCUT2D eigenvalue weighted by Gasteiger charge is -2.48. The molecule has 3 saturated heterocycles. The standard InChI is InChI=1S/C29H60N10O13/c30-1-2-37-3-4-38-8-15(41)39-18-12(6-31)47-27(16(35)21(18)44)50-24-11(34)5-10(33)19(42)26(24)52-29-23(46)25(14(9-40)49-29)51-28-17(36)22(45)20(43)13(7-32)48-28/h10-14,16-29,37-38,40,42-46H,1-9,30-36H2,(H,39,41)/t10-,11?,12?,13+,14-,16?,17-,18-,19?,20?,21-,22?,23?,24-,25+,26-,27-,28?,29?/m1/s1. The first-order chi connectivity index (χ1) is 24.8. The molecule has 0 bridgehead atoms. The summed E-state index contributed by atoms with van der Waals surface area (Å²) in [5.74, 6) is -0.431. The molecule has 1 aliphatic carbocycles. The third kappa shape index (κ3) is 10.1. The molecule has 23 heteroatoms. The molecule has 1 saturated carbocycles. The molecule has 4 fully saturated rings. The number of nitrogens with two attached hydrogens (primary N) is 7. The molecule has 23 N–H and O–H groups in total. The van der Waals surface area contributed by atoms with E-state index >= 15 is 0 Å². The molecule has 0 aromatic heterocycles. The number of nitrogens with one attached hydrogen (secondary N) is 3. The Labute approximate surface area is 301 Å². The summed E-state index contributed by atoms with van der Waals surface area (Å²) in [5.41, 5.74) is 42.0. The first-order valence-electron chi connectivity index (χ1n) is 17.5. The number of carbonyl (C=O) groups is 1. The van der Waals surface area contributed by atoms with Gasteiger partial charge in [-0.2, -0.15) is 0 Å². The van der Waals surface area contributed by atoms with Crippen LogP contribution in [-0.4, -0.2) is 205 Å². The number of hydrogen-bond acceptors (Lipinski definition) is 22. The number of rotatable bonds is 17. The molecule has 304 valence electrons. The van der Waals surface area contributed by atoms with E-state index in [1.54, 1.807) is 0 Å². The fraction of sp³-hybridized carbons (Fsp3) is 0.966. The predicted octanol–water partition coefficient (Wildman–Crippen LogP) is -10.6. The van der Waals surface area contributed by atoms with Crippen molar-refractivity contribution in [2.75, 3.05) is 52.4 Å². The first kappa shape index (κ1) is 43.4. The van der Waals surface area contributed by atoms with Gasteiger partial charge in [0.15, 0.2) is 18.9 Å². The number of ether oxygens (including phenoxy) is 6. The quantitative estimate of drug-likeness (QED) is 0.0612. The maximum atomic E-state index is 12.6. The molecule has 23 nitrogen and oxygen atoms in total. The summed E-state index contributed by atoms with van der Waals surface area (Å²) < 4.78 is 35.5. The van der Waals surface area contributed by atoms with Crippen LogP contribution in [0.1, 0.15) is 6.42 Å². The highest BCUT2D eigenvalue weighted by atomic mass is 16.8. The van der Waals surface area contributed by atoms with Crippen molar-refractivity contribution in [1.29, 1.82) is 0 Å². The van der Waals surface area contributed by atoms with Gasteiger partial charge in [0.1, 0.15) is 48.8 Å². The Morgan fingerprint density at radius 3 is 1.85 bits per heavy atom. The molecule has 0 aromatic rings. The smallest absolute Gasteiger partial charge is 0.234 e. The largest absolute Gasteiger partial charge is 0.394 e. The van der Waals surface area contributed by atoms with E-state index in [-0.39, 0.29) is 26.1 Å². The van der Waals surface area contributed by atoms with E-state index in [2.05, 4.69) is 16.0 Å². The van der Waals surface area contributed by atoms with Crippen LogP contribution in [0.3, 0.4) is 0 Å². The van der Waals surface area contributed by atoms with E-state index < -0.39 is 129 Å². The van der Waals surface area contributed by atoms with Crippen LogP contribution in [0.4, 0.5) is 0 Å². The highest BCUT2D eigenvalue weighted by Gasteiger charge is 2.54. The predicted molar refractivity (Wildman–Crippen MR) is 179 cm³/mol. The molecule has 9 unspecified atom stereocenters. The summed E-state index contributed by atoms with van der Waals surface area (Å²) >= 11 is 0. The van der Waals surface area contributed by atoms with E-state index in [0.717, 1.165) is 0 Å². The van der Waals surface area contributed by atoms with Crippen molar-refractivity contribution in [1.82, 2.24) is 16.0 Å². The minimum Gasteiger partial charge on any atom is -0.394 e. The summed E-state index contributed by atoms with van der Waals surface area (Å²) in [4.78, 5) is 12.6. The average Bonchev–Trinajstić information content (AvgIpc) is 3.42. The zero-order valence-corrected chi connectivity index (χ0v) is 28.9. The molecule has 0 spiro atoms. The summed E-state index contributed by atoms with van der Waals surface area (Å²) in [6.07, 6.45) is -18.6. The van der Waals surface area contributed by atoms with Crippen LogP contribution in [0.2, 0.25) is 0 Å². The summed E-state index contributed by atoms with van der Waals surface area (Å²) in [6, 6.07) is -5.27. The van der Waals surface area contributed by atoms with Crippen LogP contribution >= 0.6 is 0 Å². The van der Waals surface area contributed by atoms with Gasteiger partial charge in [-0.05, 0) is 6.42 Å². The Morgan fingerprint density at radius 2 is 1.21 bits per heavy atom. The Hall–Kier alpha value is -1.37. The maximum absolute atomic E-state index is 12.6. The van der Waals surface area contributed by atoms with E-state index in [4.69, 9.17) is 68.6 Å². The number of hydrogen-bond donors (Lipinski definition) is 16. The van der Waals surface area contributed by atoms with E-state index in [1.807, 2.05) is 0 Å². The summed E-state index contributed by atoms with van der Waals surface area (Å²) in [7, 11) is 0. The fourth-order valence-electron chi connectivity index (χ4n) is 6.79. The number of aliphatic hydroxyl groups excluding tert-OH is 6. The second-order valence-corrected chi connectivity index (χ2v) is 13.6. The van der Waals surface area contributed by atoms with E-state index in [0.29, 0.717) is 26.2 Å². The van der Waals surface area contributed by atoms with Crippen LogP contribution in [0.25, 0.3) is 0 Å². The zero-order valence-electron chi connectivity index (χ0n) is 28.9. The number of aliphatic hydroxyl groups is 6. The van der Waals surface area contributed by atoms with Gasteiger partial charge in [0, 0.05) is 51.4 Å². The monoisotopic (exact) mass is 756 g/mol. The molecular formula is C29H60N10O13. The fourth-order valence-corrected chi connectivity index (χ4v) is 6.79. The summed E-state index contributed by atoms with van der Waals surface area (Å²) in [6.45, 7) is 1.19. The van der Waals surface area contributed by atoms with Gasteiger partial charge in [0.05, 0.1) is 49.6 Å². The average molecular weight is 757 g/mol. The van der Waals surface area contributed by atoms with Crippen LogP contribution in [0.5, 0.6) is 0 Å². The molecule has 0 radical (unpaired) electrons. The van der Waals surface area contributed by atoms with Crippen molar-refractivity contribution < 1.29 is 63.9 Å². The first-order valence-corrected chi connectivity index (χ1v) is 17.5. The van der Waals surface area contributed by atoms with Gasteiger partial charge in [-0.1, -0.05) is 0 Å². The Bertz CT molecular complexity index is 1090. The molecular weight excluding hydrogens is 696 g/mol. The van der Waals surface area contributed by atoms with Crippen molar-refractivity contribution in [3.63, 3.8) is 0 Å². The molecule has 3 heterocycles. The molecule has 1 amide bonds. The second kappa shape index (κ2) is 20.0. The van der Waals surface area contributed by atoms with Crippen LogP contribution in [0, 0.1) is 0 Å². The van der Waals surface area contributed by atoms with E-state index in [1.165, 1.54) is 0 Å². The van der Waals surface area contributed by atoms with Crippen molar-refractivity contribution in [3.05, 3.63) is 0 Å². The Balaban J connectivity index is 1.42.